The summed E-state index contributed by atoms with van der Waals surface area (Å²) in [4.78, 5) is 10.1. The van der Waals surface area contributed by atoms with Gasteiger partial charge < -0.3 is 0 Å². The first kappa shape index (κ1) is 12.4. The minimum Gasteiger partial charge on any atom is -0.299 e. The van der Waals surface area contributed by atoms with Gasteiger partial charge in [0.25, 0.3) is 0 Å². The van der Waals surface area contributed by atoms with Crippen LogP contribution in [0.15, 0.2) is 12.2 Å². The van der Waals surface area contributed by atoms with Gasteiger partial charge in [0, 0.05) is 0 Å². The van der Waals surface area contributed by atoms with Crippen molar-refractivity contribution in [3.63, 3.8) is 0 Å². The Balaban J connectivity index is 3.47. The third kappa shape index (κ3) is 7.76. The van der Waals surface area contributed by atoms with Crippen molar-refractivity contribution in [2.75, 3.05) is 0 Å². The standard InChI is InChI=1S/C12H22O/c1-3-5-6-7-9-12(4-2)10-8-11-13/h8,10-12H,3-7,9H2,1-2H3/b10-8+/t12-/m0/s1. The summed E-state index contributed by atoms with van der Waals surface area (Å²) in [6.07, 6.45) is 12.2. The van der Waals surface area contributed by atoms with Crippen molar-refractivity contribution in [3.05, 3.63) is 12.2 Å². The van der Waals surface area contributed by atoms with E-state index in [0.29, 0.717) is 5.92 Å². The maximum absolute atomic E-state index is 10.1. The number of carbonyl (C=O) groups is 1. The molecule has 0 aliphatic heterocycles. The lowest BCUT2D eigenvalue weighted by atomic mass is 9.98. The van der Waals surface area contributed by atoms with Crippen LogP contribution in [-0.2, 0) is 4.79 Å². The number of aldehydes is 1. The van der Waals surface area contributed by atoms with Gasteiger partial charge in [-0.05, 0) is 24.8 Å². The number of rotatable bonds is 8. The molecule has 76 valence electrons. The second kappa shape index (κ2) is 9.50. The molecule has 0 saturated heterocycles. The molecule has 1 nitrogen and oxygen atoms in total. The summed E-state index contributed by atoms with van der Waals surface area (Å²) in [6.45, 7) is 4.41. The van der Waals surface area contributed by atoms with Crippen LogP contribution in [-0.4, -0.2) is 6.29 Å². The second-order valence-corrected chi connectivity index (χ2v) is 3.54. The fourth-order valence-electron chi connectivity index (χ4n) is 1.47. The summed E-state index contributed by atoms with van der Waals surface area (Å²) in [7, 11) is 0. The van der Waals surface area contributed by atoms with Crippen molar-refractivity contribution in [1.82, 2.24) is 0 Å². The molecule has 1 heteroatoms. The van der Waals surface area contributed by atoms with Crippen molar-refractivity contribution in [3.8, 4) is 0 Å². The predicted octanol–water partition coefficient (Wildman–Crippen LogP) is 3.74. The average Bonchev–Trinajstić information content (AvgIpc) is 2.17. The van der Waals surface area contributed by atoms with Crippen LogP contribution in [0.2, 0.25) is 0 Å². The zero-order valence-electron chi connectivity index (χ0n) is 8.96. The summed E-state index contributed by atoms with van der Waals surface area (Å²) in [6, 6.07) is 0. The first-order valence-corrected chi connectivity index (χ1v) is 5.47. The summed E-state index contributed by atoms with van der Waals surface area (Å²) < 4.78 is 0. The smallest absolute Gasteiger partial charge is 0.142 e. The summed E-state index contributed by atoms with van der Waals surface area (Å²) in [5.41, 5.74) is 0. The Labute approximate surface area is 82.2 Å². The van der Waals surface area contributed by atoms with Crippen molar-refractivity contribution in [2.24, 2.45) is 5.92 Å². The number of allylic oxidation sites excluding steroid dienone is 2. The molecule has 0 fully saturated rings. The molecule has 0 aromatic carbocycles. The quantitative estimate of drug-likeness (QED) is 0.317. The molecule has 13 heavy (non-hydrogen) atoms. The topological polar surface area (TPSA) is 17.1 Å². The molecular weight excluding hydrogens is 160 g/mol. The van der Waals surface area contributed by atoms with Crippen LogP contribution in [0.3, 0.4) is 0 Å². The maximum Gasteiger partial charge on any atom is 0.142 e. The van der Waals surface area contributed by atoms with E-state index in [9.17, 15) is 4.79 Å². The molecule has 0 spiro atoms. The normalized spacial score (nSPS) is 13.4. The SMILES string of the molecule is CCCCCC[C@@H](/C=C/C=O)CC. The Kier molecular flexibility index (Phi) is 9.07. The van der Waals surface area contributed by atoms with Gasteiger partial charge >= 0.3 is 0 Å². The Morgan fingerprint density at radius 3 is 2.46 bits per heavy atom. The fraction of sp³-hybridized carbons (Fsp3) is 0.750. The van der Waals surface area contributed by atoms with Gasteiger partial charge in [-0.1, -0.05) is 45.6 Å². The van der Waals surface area contributed by atoms with Gasteiger partial charge in [-0.25, -0.2) is 0 Å². The van der Waals surface area contributed by atoms with Crippen LogP contribution in [0.1, 0.15) is 52.4 Å². The van der Waals surface area contributed by atoms with Crippen LogP contribution in [0.5, 0.6) is 0 Å². The monoisotopic (exact) mass is 182 g/mol. The number of carbonyl (C=O) groups excluding carboxylic acids is 1. The number of hydrogen-bond acceptors (Lipinski definition) is 1. The molecule has 0 aliphatic carbocycles. The average molecular weight is 182 g/mol. The zero-order valence-corrected chi connectivity index (χ0v) is 8.96. The highest BCUT2D eigenvalue weighted by Crippen LogP contribution is 2.15. The van der Waals surface area contributed by atoms with Gasteiger partial charge in [-0.2, -0.15) is 0 Å². The molecule has 0 N–H and O–H groups in total. The molecule has 0 unspecified atom stereocenters. The highest BCUT2D eigenvalue weighted by molar-refractivity contribution is 5.64. The molecule has 0 aromatic heterocycles. The minimum atomic E-state index is 0.613. The lowest BCUT2D eigenvalue weighted by Crippen LogP contribution is -1.94. The largest absolute Gasteiger partial charge is 0.299 e. The van der Waals surface area contributed by atoms with E-state index in [-0.39, 0.29) is 0 Å². The highest BCUT2D eigenvalue weighted by Gasteiger charge is 2.00. The van der Waals surface area contributed by atoms with Gasteiger partial charge in [-0.3, -0.25) is 4.79 Å². The molecule has 0 amide bonds. The van der Waals surface area contributed by atoms with Crippen molar-refractivity contribution in [2.45, 2.75) is 52.4 Å². The minimum absolute atomic E-state index is 0.613. The van der Waals surface area contributed by atoms with E-state index in [4.69, 9.17) is 0 Å². The van der Waals surface area contributed by atoms with Crippen molar-refractivity contribution >= 4 is 6.29 Å². The predicted molar refractivity (Wildman–Crippen MR) is 57.7 cm³/mol. The first-order valence-electron chi connectivity index (χ1n) is 5.47. The number of hydrogen-bond donors (Lipinski definition) is 0. The lowest BCUT2D eigenvalue weighted by molar-refractivity contribution is -0.104. The summed E-state index contributed by atoms with van der Waals surface area (Å²) in [5.74, 6) is 0.613. The molecule has 0 heterocycles. The Morgan fingerprint density at radius 2 is 1.92 bits per heavy atom. The van der Waals surface area contributed by atoms with E-state index >= 15 is 0 Å². The first-order chi connectivity index (χ1) is 6.35. The third-order valence-corrected chi connectivity index (χ3v) is 2.41. The van der Waals surface area contributed by atoms with Crippen LogP contribution in [0.4, 0.5) is 0 Å². The van der Waals surface area contributed by atoms with E-state index in [1.807, 2.05) is 6.08 Å². The number of unbranched alkanes of at least 4 members (excludes halogenated alkanes) is 3. The van der Waals surface area contributed by atoms with Gasteiger partial charge in [0.2, 0.25) is 0 Å². The highest BCUT2D eigenvalue weighted by atomic mass is 16.1. The van der Waals surface area contributed by atoms with Crippen LogP contribution in [0.25, 0.3) is 0 Å². The molecule has 0 radical (unpaired) electrons. The lowest BCUT2D eigenvalue weighted by Gasteiger charge is -2.08. The molecule has 1 atom stereocenters. The Morgan fingerprint density at radius 1 is 1.15 bits per heavy atom. The van der Waals surface area contributed by atoms with Gasteiger partial charge in [0.05, 0.1) is 0 Å². The van der Waals surface area contributed by atoms with E-state index in [2.05, 4.69) is 13.8 Å². The van der Waals surface area contributed by atoms with Crippen LogP contribution < -0.4 is 0 Å². The summed E-state index contributed by atoms with van der Waals surface area (Å²) >= 11 is 0. The van der Waals surface area contributed by atoms with E-state index in [1.165, 1.54) is 32.1 Å². The molecule has 0 saturated carbocycles. The van der Waals surface area contributed by atoms with Gasteiger partial charge in [0.15, 0.2) is 0 Å². The molecule has 0 aromatic rings. The molecule has 0 aliphatic rings. The summed E-state index contributed by atoms with van der Waals surface area (Å²) in [5, 5.41) is 0. The Hall–Kier alpha value is -0.590. The molecule has 0 rings (SSSR count). The van der Waals surface area contributed by atoms with Gasteiger partial charge in [0.1, 0.15) is 6.29 Å². The second-order valence-electron chi connectivity index (χ2n) is 3.54. The Bertz CT molecular complexity index is 138. The zero-order chi connectivity index (χ0) is 9.94. The third-order valence-electron chi connectivity index (χ3n) is 2.41. The molecular formula is C12H22O. The van der Waals surface area contributed by atoms with E-state index in [0.717, 1.165) is 12.7 Å². The van der Waals surface area contributed by atoms with E-state index in [1.54, 1.807) is 6.08 Å². The van der Waals surface area contributed by atoms with Crippen LogP contribution in [0, 0.1) is 5.92 Å². The van der Waals surface area contributed by atoms with Gasteiger partial charge in [-0.15, -0.1) is 0 Å². The molecule has 0 bridgehead atoms. The van der Waals surface area contributed by atoms with Crippen molar-refractivity contribution < 1.29 is 4.79 Å². The van der Waals surface area contributed by atoms with Crippen LogP contribution >= 0.6 is 0 Å². The maximum atomic E-state index is 10.1. The fourth-order valence-corrected chi connectivity index (χ4v) is 1.47. The van der Waals surface area contributed by atoms with E-state index < -0.39 is 0 Å². The van der Waals surface area contributed by atoms with Crippen molar-refractivity contribution in [1.29, 1.82) is 0 Å².